The molecule has 2 aromatic carbocycles. The van der Waals surface area contributed by atoms with Crippen LogP contribution in [-0.2, 0) is 4.79 Å². The van der Waals surface area contributed by atoms with Crippen molar-refractivity contribution in [2.45, 2.75) is 19.3 Å². The molecule has 1 N–H and O–H groups in total. The smallest absolute Gasteiger partial charge is 0.224 e. The SMILES string of the molecule is COc1ccc(NC(=O)CCCC(=O)c2ccc3c(c2)OCCO3)cc1. The summed E-state index contributed by atoms with van der Waals surface area (Å²) in [6.07, 6.45) is 1.06. The van der Waals surface area contributed by atoms with Crippen LogP contribution in [0.4, 0.5) is 5.69 Å². The van der Waals surface area contributed by atoms with E-state index in [0.717, 1.165) is 5.75 Å². The van der Waals surface area contributed by atoms with Crippen molar-refractivity contribution in [3.05, 3.63) is 48.0 Å². The van der Waals surface area contributed by atoms with Gasteiger partial charge in [0.15, 0.2) is 17.3 Å². The van der Waals surface area contributed by atoms with Crippen LogP contribution >= 0.6 is 0 Å². The minimum Gasteiger partial charge on any atom is -0.497 e. The Morgan fingerprint density at radius 2 is 1.73 bits per heavy atom. The molecule has 0 saturated heterocycles. The van der Waals surface area contributed by atoms with Crippen LogP contribution in [0, 0.1) is 0 Å². The van der Waals surface area contributed by atoms with E-state index >= 15 is 0 Å². The average molecular weight is 355 g/mol. The van der Waals surface area contributed by atoms with Crippen molar-refractivity contribution in [1.29, 1.82) is 0 Å². The summed E-state index contributed by atoms with van der Waals surface area (Å²) in [7, 11) is 1.59. The molecule has 1 heterocycles. The zero-order valence-corrected chi connectivity index (χ0v) is 14.6. The highest BCUT2D eigenvalue weighted by molar-refractivity contribution is 5.97. The van der Waals surface area contributed by atoms with Crippen LogP contribution in [0.15, 0.2) is 42.5 Å². The number of amides is 1. The second-order valence-corrected chi connectivity index (χ2v) is 5.91. The Morgan fingerprint density at radius 1 is 1.00 bits per heavy atom. The van der Waals surface area contributed by atoms with Gasteiger partial charge in [-0.3, -0.25) is 9.59 Å². The molecule has 0 aliphatic carbocycles. The highest BCUT2D eigenvalue weighted by atomic mass is 16.6. The largest absolute Gasteiger partial charge is 0.497 e. The summed E-state index contributed by atoms with van der Waals surface area (Å²) >= 11 is 0. The van der Waals surface area contributed by atoms with E-state index in [0.29, 0.717) is 48.8 Å². The lowest BCUT2D eigenvalue weighted by Crippen LogP contribution is -2.16. The molecule has 0 spiro atoms. The quantitative estimate of drug-likeness (QED) is 0.770. The predicted molar refractivity (Wildman–Crippen MR) is 97.2 cm³/mol. The second kappa shape index (κ2) is 8.38. The van der Waals surface area contributed by atoms with Crippen molar-refractivity contribution in [2.24, 2.45) is 0 Å². The lowest BCUT2D eigenvalue weighted by Gasteiger charge is -2.18. The monoisotopic (exact) mass is 355 g/mol. The van der Waals surface area contributed by atoms with E-state index in [2.05, 4.69) is 5.32 Å². The van der Waals surface area contributed by atoms with Gasteiger partial charge in [0, 0.05) is 24.1 Å². The van der Waals surface area contributed by atoms with E-state index in [1.54, 1.807) is 49.6 Å². The number of rotatable bonds is 7. The molecule has 0 radical (unpaired) electrons. The normalized spacial score (nSPS) is 12.3. The first-order valence-electron chi connectivity index (χ1n) is 8.52. The molecule has 136 valence electrons. The Balaban J connectivity index is 1.46. The van der Waals surface area contributed by atoms with E-state index in [4.69, 9.17) is 14.2 Å². The minimum atomic E-state index is -0.120. The number of anilines is 1. The third kappa shape index (κ3) is 4.53. The Bertz CT molecular complexity index is 785. The highest BCUT2D eigenvalue weighted by Gasteiger charge is 2.15. The fourth-order valence-electron chi connectivity index (χ4n) is 2.67. The Labute approximate surface area is 152 Å². The first-order chi connectivity index (χ1) is 12.7. The average Bonchev–Trinajstić information content (AvgIpc) is 2.68. The molecular formula is C20H21NO5. The summed E-state index contributed by atoms with van der Waals surface area (Å²) in [6, 6.07) is 12.3. The van der Waals surface area contributed by atoms with Crippen molar-refractivity contribution in [2.75, 3.05) is 25.6 Å². The summed E-state index contributed by atoms with van der Waals surface area (Å²) in [5.74, 6) is 1.85. The van der Waals surface area contributed by atoms with Gasteiger partial charge in [0.05, 0.1) is 7.11 Å². The lowest BCUT2D eigenvalue weighted by atomic mass is 10.0. The van der Waals surface area contributed by atoms with Crippen molar-refractivity contribution in [3.8, 4) is 17.2 Å². The molecule has 2 aromatic rings. The van der Waals surface area contributed by atoms with Gasteiger partial charge < -0.3 is 19.5 Å². The number of ether oxygens (including phenoxy) is 3. The molecule has 0 atom stereocenters. The maximum Gasteiger partial charge on any atom is 0.224 e. The molecule has 0 bridgehead atoms. The van der Waals surface area contributed by atoms with E-state index in [1.165, 1.54) is 0 Å². The fraction of sp³-hybridized carbons (Fsp3) is 0.300. The zero-order valence-electron chi connectivity index (χ0n) is 14.6. The van der Waals surface area contributed by atoms with Gasteiger partial charge in [-0.05, 0) is 48.9 Å². The van der Waals surface area contributed by atoms with Crippen LogP contribution < -0.4 is 19.5 Å². The fourth-order valence-corrected chi connectivity index (χ4v) is 2.67. The third-order valence-corrected chi connectivity index (χ3v) is 4.05. The number of fused-ring (bicyclic) bond motifs is 1. The minimum absolute atomic E-state index is 0.0146. The molecule has 0 unspecified atom stereocenters. The van der Waals surface area contributed by atoms with E-state index in [9.17, 15) is 9.59 Å². The van der Waals surface area contributed by atoms with Gasteiger partial charge in [0.2, 0.25) is 5.91 Å². The van der Waals surface area contributed by atoms with Gasteiger partial charge in [-0.15, -0.1) is 0 Å². The van der Waals surface area contributed by atoms with E-state index in [-0.39, 0.29) is 18.1 Å². The van der Waals surface area contributed by atoms with Gasteiger partial charge in [0.1, 0.15) is 19.0 Å². The molecule has 6 nitrogen and oxygen atoms in total. The Hall–Kier alpha value is -3.02. The van der Waals surface area contributed by atoms with Crippen molar-refractivity contribution in [1.82, 2.24) is 0 Å². The topological polar surface area (TPSA) is 73.9 Å². The van der Waals surface area contributed by atoms with Gasteiger partial charge >= 0.3 is 0 Å². The Morgan fingerprint density at radius 3 is 2.46 bits per heavy atom. The molecule has 0 aromatic heterocycles. The lowest BCUT2D eigenvalue weighted by molar-refractivity contribution is -0.116. The summed E-state index contributed by atoms with van der Waals surface area (Å²) in [6.45, 7) is 1.000. The number of nitrogens with one attached hydrogen (secondary N) is 1. The standard InChI is InChI=1S/C20H21NO5/c1-24-16-8-6-15(7-9-16)21-20(23)4-2-3-17(22)14-5-10-18-19(13-14)26-12-11-25-18/h5-10,13H,2-4,11-12H2,1H3,(H,21,23). The second-order valence-electron chi connectivity index (χ2n) is 5.91. The van der Waals surface area contributed by atoms with Gasteiger partial charge in [0.25, 0.3) is 0 Å². The highest BCUT2D eigenvalue weighted by Crippen LogP contribution is 2.31. The van der Waals surface area contributed by atoms with Crippen LogP contribution in [0.1, 0.15) is 29.6 Å². The maximum absolute atomic E-state index is 12.3. The number of carbonyl (C=O) groups is 2. The van der Waals surface area contributed by atoms with Gasteiger partial charge in [-0.25, -0.2) is 0 Å². The maximum atomic E-state index is 12.3. The summed E-state index contributed by atoms with van der Waals surface area (Å²) in [5.41, 5.74) is 1.28. The van der Waals surface area contributed by atoms with Crippen molar-refractivity contribution in [3.63, 3.8) is 0 Å². The molecule has 6 heteroatoms. The molecule has 1 amide bonds. The Kier molecular flexibility index (Phi) is 5.73. The molecule has 0 saturated carbocycles. The summed E-state index contributed by atoms with van der Waals surface area (Å²) in [5, 5.41) is 2.81. The van der Waals surface area contributed by atoms with Crippen molar-refractivity contribution < 1.29 is 23.8 Å². The molecule has 1 aliphatic rings. The van der Waals surface area contributed by atoms with Crippen LogP contribution in [0.3, 0.4) is 0 Å². The van der Waals surface area contributed by atoms with Crippen LogP contribution in [0.25, 0.3) is 0 Å². The zero-order chi connectivity index (χ0) is 18.4. The third-order valence-electron chi connectivity index (χ3n) is 4.05. The molecule has 1 aliphatic heterocycles. The number of Topliss-reactive ketones (excluding diaryl/α,β-unsaturated/α-hetero) is 1. The van der Waals surface area contributed by atoms with Gasteiger partial charge in [-0.2, -0.15) is 0 Å². The number of carbonyl (C=O) groups excluding carboxylic acids is 2. The number of hydrogen-bond acceptors (Lipinski definition) is 5. The number of ketones is 1. The first kappa shape index (κ1) is 17.8. The van der Waals surface area contributed by atoms with Crippen LogP contribution in [-0.4, -0.2) is 32.0 Å². The van der Waals surface area contributed by atoms with E-state index in [1.807, 2.05) is 0 Å². The predicted octanol–water partition coefficient (Wildman–Crippen LogP) is 3.46. The van der Waals surface area contributed by atoms with Crippen molar-refractivity contribution >= 4 is 17.4 Å². The first-order valence-corrected chi connectivity index (χ1v) is 8.52. The molecule has 3 rings (SSSR count). The molecule has 26 heavy (non-hydrogen) atoms. The van der Waals surface area contributed by atoms with E-state index < -0.39 is 0 Å². The summed E-state index contributed by atoms with van der Waals surface area (Å²) < 4.78 is 16.0. The molecular weight excluding hydrogens is 334 g/mol. The molecule has 0 fully saturated rings. The van der Waals surface area contributed by atoms with Crippen LogP contribution in [0.5, 0.6) is 17.2 Å². The number of methoxy groups -OCH3 is 1. The summed E-state index contributed by atoms with van der Waals surface area (Å²) in [4.78, 5) is 24.3. The number of hydrogen-bond donors (Lipinski definition) is 1. The number of benzene rings is 2. The van der Waals surface area contributed by atoms with Gasteiger partial charge in [-0.1, -0.05) is 0 Å². The van der Waals surface area contributed by atoms with Crippen LogP contribution in [0.2, 0.25) is 0 Å².